The van der Waals surface area contributed by atoms with Gasteiger partial charge < -0.3 is 24.8 Å². The molecule has 2 aromatic rings. The zero-order valence-corrected chi connectivity index (χ0v) is 19.0. The Morgan fingerprint density at radius 2 is 1.71 bits per heavy atom. The highest BCUT2D eigenvalue weighted by atomic mass is 16.5. The van der Waals surface area contributed by atoms with Gasteiger partial charge in [0.05, 0.1) is 0 Å². The Morgan fingerprint density at radius 3 is 2.32 bits per heavy atom. The highest BCUT2D eigenvalue weighted by Gasteiger charge is 2.50. The van der Waals surface area contributed by atoms with Gasteiger partial charge in [0.25, 0.3) is 5.91 Å². The molecule has 2 fully saturated rings. The summed E-state index contributed by atoms with van der Waals surface area (Å²) >= 11 is 0. The summed E-state index contributed by atoms with van der Waals surface area (Å²) in [7, 11) is 0. The number of rotatable bonds is 6. The van der Waals surface area contributed by atoms with Crippen molar-refractivity contribution >= 4 is 18.0 Å². The number of hydrogen-bond donors (Lipinski definition) is 2. The fourth-order valence-corrected chi connectivity index (χ4v) is 5.25. The SMILES string of the molecule is CC1(C(=O)O)CN(C(=O)[C@H]2OCC[C@H]2CNC(=O)OCC2c3ccccc3-c3ccccc32)C1. The van der Waals surface area contributed by atoms with Crippen molar-refractivity contribution in [3.63, 3.8) is 0 Å². The highest BCUT2D eigenvalue weighted by molar-refractivity contribution is 5.86. The summed E-state index contributed by atoms with van der Waals surface area (Å²) in [5, 5.41) is 12.0. The molecule has 2 N–H and O–H groups in total. The van der Waals surface area contributed by atoms with Gasteiger partial charge in [0, 0.05) is 38.1 Å². The number of aliphatic carboxylic acids is 1. The third-order valence-electron chi connectivity index (χ3n) is 7.22. The van der Waals surface area contributed by atoms with Gasteiger partial charge in [-0.05, 0) is 35.6 Å². The molecule has 0 bridgehead atoms. The monoisotopic (exact) mass is 464 g/mol. The lowest BCUT2D eigenvalue weighted by Gasteiger charge is -2.46. The number of nitrogens with one attached hydrogen (secondary N) is 1. The van der Waals surface area contributed by atoms with Crippen LogP contribution in [0.25, 0.3) is 11.1 Å². The molecule has 0 aromatic heterocycles. The van der Waals surface area contributed by atoms with Crippen LogP contribution < -0.4 is 5.32 Å². The van der Waals surface area contributed by atoms with Crippen molar-refractivity contribution in [3.8, 4) is 11.1 Å². The number of benzene rings is 2. The minimum absolute atomic E-state index is 0.0164. The predicted molar refractivity (Wildman–Crippen MR) is 123 cm³/mol. The van der Waals surface area contributed by atoms with E-state index in [2.05, 4.69) is 29.6 Å². The second-order valence-corrected chi connectivity index (χ2v) is 9.61. The number of carbonyl (C=O) groups excluding carboxylic acids is 2. The molecule has 0 spiro atoms. The molecular weight excluding hydrogens is 436 g/mol. The Labute approximate surface area is 197 Å². The molecule has 8 heteroatoms. The summed E-state index contributed by atoms with van der Waals surface area (Å²) < 4.78 is 11.2. The second kappa shape index (κ2) is 8.76. The second-order valence-electron chi connectivity index (χ2n) is 9.61. The van der Waals surface area contributed by atoms with E-state index in [9.17, 15) is 19.5 Å². The molecule has 0 saturated carbocycles. The average Bonchev–Trinajstić information content (AvgIpc) is 3.41. The molecule has 0 unspecified atom stereocenters. The standard InChI is InChI=1S/C26H28N2O6/c1-26(24(30)31)14-28(15-26)23(29)22-16(10-11-33-22)12-27-25(32)34-13-21-19-8-4-2-6-17(19)18-7-3-5-9-20(18)21/h2-9,16,21-22H,10-15H2,1H3,(H,27,32)(H,30,31)/t16-,22-/m0/s1. The van der Waals surface area contributed by atoms with Gasteiger partial charge in [0.1, 0.15) is 18.1 Å². The van der Waals surface area contributed by atoms with E-state index in [1.54, 1.807) is 6.92 Å². The van der Waals surface area contributed by atoms with Crippen molar-refractivity contribution < 1.29 is 29.0 Å². The number of fused-ring (bicyclic) bond motifs is 3. The maximum Gasteiger partial charge on any atom is 0.407 e. The number of ether oxygens (including phenoxy) is 2. The number of nitrogens with zero attached hydrogens (tertiary/aromatic N) is 1. The molecule has 5 rings (SSSR count). The lowest BCUT2D eigenvalue weighted by Crippen LogP contribution is -2.63. The average molecular weight is 465 g/mol. The molecule has 2 aliphatic heterocycles. The smallest absolute Gasteiger partial charge is 0.407 e. The summed E-state index contributed by atoms with van der Waals surface area (Å²) in [4.78, 5) is 38.1. The minimum atomic E-state index is -0.905. The fraction of sp³-hybridized carbons (Fsp3) is 0.423. The van der Waals surface area contributed by atoms with Gasteiger partial charge in [-0.25, -0.2) is 4.79 Å². The van der Waals surface area contributed by atoms with E-state index in [0.29, 0.717) is 13.0 Å². The number of amides is 2. The van der Waals surface area contributed by atoms with E-state index in [-0.39, 0.29) is 44.0 Å². The van der Waals surface area contributed by atoms with E-state index in [1.165, 1.54) is 16.0 Å². The first kappa shape index (κ1) is 22.4. The Kier molecular flexibility index (Phi) is 5.77. The van der Waals surface area contributed by atoms with Crippen LogP contribution in [0.4, 0.5) is 4.79 Å². The molecule has 2 saturated heterocycles. The maximum absolute atomic E-state index is 12.8. The molecule has 2 heterocycles. The number of carboxylic acid groups (broad SMARTS) is 1. The molecule has 1 aliphatic carbocycles. The van der Waals surface area contributed by atoms with Gasteiger partial charge in [0.2, 0.25) is 0 Å². The van der Waals surface area contributed by atoms with E-state index >= 15 is 0 Å². The first-order valence-corrected chi connectivity index (χ1v) is 11.6. The van der Waals surface area contributed by atoms with Gasteiger partial charge in [-0.2, -0.15) is 0 Å². The number of hydrogen-bond acceptors (Lipinski definition) is 5. The van der Waals surface area contributed by atoms with Crippen LogP contribution in [0.5, 0.6) is 0 Å². The lowest BCUT2D eigenvalue weighted by molar-refractivity contribution is -0.168. The van der Waals surface area contributed by atoms with Gasteiger partial charge in [-0.15, -0.1) is 0 Å². The first-order chi connectivity index (χ1) is 16.4. The van der Waals surface area contributed by atoms with Crippen molar-refractivity contribution in [2.24, 2.45) is 11.3 Å². The van der Waals surface area contributed by atoms with E-state index < -0.39 is 23.6 Å². The summed E-state index contributed by atoms with van der Waals surface area (Å²) in [6, 6.07) is 16.3. The fourth-order valence-electron chi connectivity index (χ4n) is 5.25. The van der Waals surface area contributed by atoms with Crippen molar-refractivity contribution in [2.45, 2.75) is 25.4 Å². The molecule has 2 amide bonds. The van der Waals surface area contributed by atoms with Crippen molar-refractivity contribution in [1.29, 1.82) is 0 Å². The first-order valence-electron chi connectivity index (χ1n) is 11.6. The van der Waals surface area contributed by atoms with Crippen LogP contribution in [-0.2, 0) is 19.1 Å². The van der Waals surface area contributed by atoms with Crippen LogP contribution >= 0.6 is 0 Å². The van der Waals surface area contributed by atoms with Crippen LogP contribution in [0.15, 0.2) is 48.5 Å². The number of alkyl carbamates (subject to hydrolysis) is 1. The van der Waals surface area contributed by atoms with E-state index in [4.69, 9.17) is 9.47 Å². The molecule has 8 nitrogen and oxygen atoms in total. The van der Waals surface area contributed by atoms with Gasteiger partial charge >= 0.3 is 12.1 Å². The van der Waals surface area contributed by atoms with E-state index in [0.717, 1.165) is 11.1 Å². The summed E-state index contributed by atoms with van der Waals surface area (Å²) in [5.74, 6) is -1.31. The van der Waals surface area contributed by atoms with Crippen LogP contribution in [-0.4, -0.2) is 66.9 Å². The third-order valence-corrected chi connectivity index (χ3v) is 7.22. The molecule has 2 atom stereocenters. The normalized spacial score (nSPS) is 22.4. The van der Waals surface area contributed by atoms with Gasteiger partial charge in [0.15, 0.2) is 0 Å². The summed E-state index contributed by atoms with van der Waals surface area (Å²) in [6.45, 7) is 2.89. The molecular formula is C26H28N2O6. The molecule has 3 aliphatic rings. The van der Waals surface area contributed by atoms with Crippen molar-refractivity contribution in [3.05, 3.63) is 59.7 Å². The molecule has 2 aromatic carbocycles. The van der Waals surface area contributed by atoms with Crippen molar-refractivity contribution in [2.75, 3.05) is 32.8 Å². The number of likely N-dealkylation sites (tertiary alicyclic amines) is 1. The summed E-state index contributed by atoms with van der Waals surface area (Å²) in [6.07, 6.45) is -0.556. The van der Waals surface area contributed by atoms with Crippen LogP contribution in [0, 0.1) is 11.3 Å². The maximum atomic E-state index is 12.8. The topological polar surface area (TPSA) is 105 Å². The third kappa shape index (κ3) is 3.92. The largest absolute Gasteiger partial charge is 0.481 e. The zero-order chi connectivity index (χ0) is 23.9. The van der Waals surface area contributed by atoms with Crippen LogP contribution in [0.1, 0.15) is 30.4 Å². The van der Waals surface area contributed by atoms with Crippen LogP contribution in [0.3, 0.4) is 0 Å². The van der Waals surface area contributed by atoms with Crippen molar-refractivity contribution in [1.82, 2.24) is 10.2 Å². The number of carbonyl (C=O) groups is 3. The Morgan fingerprint density at radius 1 is 1.09 bits per heavy atom. The zero-order valence-electron chi connectivity index (χ0n) is 19.0. The van der Waals surface area contributed by atoms with Gasteiger partial charge in [-0.1, -0.05) is 48.5 Å². The Bertz CT molecular complexity index is 1080. The number of carboxylic acids is 1. The molecule has 178 valence electrons. The quantitative estimate of drug-likeness (QED) is 0.681. The van der Waals surface area contributed by atoms with E-state index in [1.807, 2.05) is 24.3 Å². The molecule has 34 heavy (non-hydrogen) atoms. The predicted octanol–water partition coefficient (Wildman–Crippen LogP) is 2.86. The van der Waals surface area contributed by atoms with Gasteiger partial charge in [-0.3, -0.25) is 9.59 Å². The Hall–Kier alpha value is -3.39. The lowest BCUT2D eigenvalue weighted by atomic mass is 9.81. The summed E-state index contributed by atoms with van der Waals surface area (Å²) in [5.41, 5.74) is 3.73. The molecule has 0 radical (unpaired) electrons. The minimum Gasteiger partial charge on any atom is -0.481 e. The van der Waals surface area contributed by atoms with Crippen LogP contribution in [0.2, 0.25) is 0 Å². The Balaban J connectivity index is 1.14. The highest BCUT2D eigenvalue weighted by Crippen LogP contribution is 2.44.